The number of likely N-dealkylation sites (tertiary alicyclic amines) is 1. The van der Waals surface area contributed by atoms with E-state index in [4.69, 9.17) is 4.74 Å². The third kappa shape index (κ3) is 3.93. The van der Waals surface area contributed by atoms with Crippen molar-refractivity contribution in [2.75, 3.05) is 33.4 Å². The lowest BCUT2D eigenvalue weighted by molar-refractivity contribution is -0.138. The molecule has 3 rings (SSSR count). The van der Waals surface area contributed by atoms with Crippen LogP contribution in [-0.2, 0) is 20.7 Å². The number of fused-ring (bicyclic) bond motifs is 1. The summed E-state index contributed by atoms with van der Waals surface area (Å²) in [6.07, 6.45) is 5.72. The van der Waals surface area contributed by atoms with E-state index in [2.05, 4.69) is 10.3 Å². The zero-order valence-electron chi connectivity index (χ0n) is 13.7. The Kier molecular flexibility index (Phi) is 5.47. The lowest BCUT2D eigenvalue weighted by Crippen LogP contribution is -2.47. The average Bonchev–Trinajstić information content (AvgIpc) is 3.15. The summed E-state index contributed by atoms with van der Waals surface area (Å²) in [5, 5.41) is 4.97. The van der Waals surface area contributed by atoms with Gasteiger partial charge in [0.1, 0.15) is 0 Å². The minimum absolute atomic E-state index is 0.0194. The molecule has 2 amide bonds. The van der Waals surface area contributed by atoms with Gasteiger partial charge in [0, 0.05) is 57.4 Å². The first kappa shape index (κ1) is 16.9. The number of nitrogens with zero attached hydrogens (tertiary/aromatic N) is 3. The Labute approximate surface area is 144 Å². The highest BCUT2D eigenvalue weighted by Crippen LogP contribution is 2.17. The highest BCUT2D eigenvalue weighted by molar-refractivity contribution is 7.15. The number of amides is 2. The molecule has 0 saturated carbocycles. The fourth-order valence-corrected chi connectivity index (χ4v) is 3.62. The molecule has 1 fully saturated rings. The lowest BCUT2D eigenvalue weighted by Gasteiger charge is -2.31. The molecular weight excluding hydrogens is 328 g/mol. The summed E-state index contributed by atoms with van der Waals surface area (Å²) in [5.74, 6) is -0.00911. The number of rotatable bonds is 7. The highest BCUT2D eigenvalue weighted by Gasteiger charge is 2.29. The first-order chi connectivity index (χ1) is 11.7. The number of ether oxygens (including phenoxy) is 1. The van der Waals surface area contributed by atoms with Gasteiger partial charge in [0.05, 0.1) is 18.2 Å². The average molecular weight is 350 g/mol. The first-order valence-corrected chi connectivity index (χ1v) is 9.01. The number of carbonyl (C=O) groups is 2. The Morgan fingerprint density at radius 2 is 2.42 bits per heavy atom. The van der Waals surface area contributed by atoms with E-state index < -0.39 is 0 Å². The van der Waals surface area contributed by atoms with Crippen molar-refractivity contribution in [1.29, 1.82) is 0 Å². The van der Waals surface area contributed by atoms with Crippen LogP contribution in [0.5, 0.6) is 0 Å². The van der Waals surface area contributed by atoms with Crippen molar-refractivity contribution in [3.63, 3.8) is 0 Å². The summed E-state index contributed by atoms with van der Waals surface area (Å²) in [7, 11) is 1.61. The second kappa shape index (κ2) is 7.76. The van der Waals surface area contributed by atoms with Gasteiger partial charge in [-0.3, -0.25) is 14.0 Å². The number of aromatic nitrogens is 2. The third-order valence-corrected chi connectivity index (χ3v) is 5.03. The number of methoxy groups -OCH3 is 1. The minimum Gasteiger partial charge on any atom is -0.383 e. The van der Waals surface area contributed by atoms with Gasteiger partial charge in [0.2, 0.25) is 11.8 Å². The van der Waals surface area contributed by atoms with Gasteiger partial charge in [-0.15, -0.1) is 11.3 Å². The summed E-state index contributed by atoms with van der Waals surface area (Å²) in [6, 6.07) is 0. The number of carbonyl (C=O) groups excluding carboxylic acids is 2. The van der Waals surface area contributed by atoms with Crippen molar-refractivity contribution < 1.29 is 14.3 Å². The van der Waals surface area contributed by atoms with E-state index in [1.807, 2.05) is 22.2 Å². The van der Waals surface area contributed by atoms with Crippen LogP contribution in [0.25, 0.3) is 4.96 Å². The van der Waals surface area contributed by atoms with Crippen LogP contribution < -0.4 is 5.32 Å². The lowest BCUT2D eigenvalue weighted by atomic mass is 9.96. The van der Waals surface area contributed by atoms with Crippen molar-refractivity contribution in [3.05, 3.63) is 23.5 Å². The van der Waals surface area contributed by atoms with Crippen molar-refractivity contribution >= 4 is 28.1 Å². The Bertz CT molecular complexity index is 683. The van der Waals surface area contributed by atoms with Crippen LogP contribution >= 0.6 is 11.3 Å². The number of nitrogens with one attached hydrogen (secondary N) is 1. The maximum atomic E-state index is 12.3. The summed E-state index contributed by atoms with van der Waals surface area (Å²) in [4.78, 5) is 31.4. The molecule has 0 unspecified atom stereocenters. The Hall–Kier alpha value is -1.93. The van der Waals surface area contributed by atoms with Crippen molar-refractivity contribution in [3.8, 4) is 0 Å². The summed E-state index contributed by atoms with van der Waals surface area (Å²) < 4.78 is 7.01. The van der Waals surface area contributed by atoms with Crippen molar-refractivity contribution in [2.45, 2.75) is 19.3 Å². The molecule has 1 aliphatic heterocycles. The van der Waals surface area contributed by atoms with Crippen LogP contribution in [0.2, 0.25) is 0 Å². The maximum Gasteiger partial charge on any atom is 0.224 e. The molecule has 0 spiro atoms. The largest absolute Gasteiger partial charge is 0.383 e. The number of imidazole rings is 1. The van der Waals surface area contributed by atoms with Crippen LogP contribution in [0.4, 0.5) is 0 Å². The van der Waals surface area contributed by atoms with Gasteiger partial charge in [-0.05, 0) is 6.42 Å². The molecule has 130 valence electrons. The predicted octanol–water partition coefficient (Wildman–Crippen LogP) is 0.940. The Morgan fingerprint density at radius 1 is 1.54 bits per heavy atom. The quantitative estimate of drug-likeness (QED) is 0.806. The predicted molar refractivity (Wildman–Crippen MR) is 91.0 cm³/mol. The normalized spacial score (nSPS) is 18.3. The molecule has 7 nitrogen and oxygen atoms in total. The molecule has 1 saturated heterocycles. The molecule has 0 bridgehead atoms. The molecule has 0 radical (unpaired) electrons. The fraction of sp³-hybridized carbons (Fsp3) is 0.562. The third-order valence-electron chi connectivity index (χ3n) is 4.26. The first-order valence-electron chi connectivity index (χ1n) is 8.13. The van der Waals surface area contributed by atoms with E-state index in [1.54, 1.807) is 23.3 Å². The number of thiazole rings is 1. The van der Waals surface area contributed by atoms with Gasteiger partial charge in [-0.1, -0.05) is 0 Å². The van der Waals surface area contributed by atoms with Gasteiger partial charge < -0.3 is 15.0 Å². The van der Waals surface area contributed by atoms with E-state index in [0.717, 1.165) is 10.7 Å². The molecule has 24 heavy (non-hydrogen) atoms. The molecule has 1 N–H and O–H groups in total. The minimum atomic E-state index is -0.134. The highest BCUT2D eigenvalue weighted by atomic mass is 32.1. The van der Waals surface area contributed by atoms with Gasteiger partial charge in [0.15, 0.2) is 4.96 Å². The molecule has 2 aromatic heterocycles. The standard InChI is InChI=1S/C16H22N4O3S/c1-23-8-6-19-10-12(2-3-14(19)21)15(22)17-5-4-13-11-20-7-9-24-16(20)18-13/h7,9,11-12H,2-6,8,10H2,1H3,(H,17,22)/t12-/m0/s1. The van der Waals surface area contributed by atoms with Crippen LogP contribution in [0, 0.1) is 5.92 Å². The molecule has 1 atom stereocenters. The molecular formula is C16H22N4O3S. The van der Waals surface area contributed by atoms with Gasteiger partial charge in [0.25, 0.3) is 0 Å². The van der Waals surface area contributed by atoms with Crippen LogP contribution in [0.15, 0.2) is 17.8 Å². The van der Waals surface area contributed by atoms with Crippen molar-refractivity contribution in [2.24, 2.45) is 5.92 Å². The Morgan fingerprint density at radius 3 is 3.21 bits per heavy atom. The van der Waals surface area contributed by atoms with E-state index in [9.17, 15) is 9.59 Å². The van der Waals surface area contributed by atoms with E-state index in [1.165, 1.54) is 0 Å². The molecule has 3 heterocycles. The fourth-order valence-electron chi connectivity index (χ4n) is 2.90. The maximum absolute atomic E-state index is 12.3. The smallest absolute Gasteiger partial charge is 0.224 e. The van der Waals surface area contributed by atoms with E-state index in [-0.39, 0.29) is 17.7 Å². The number of piperidine rings is 1. The molecule has 1 aliphatic rings. The number of hydrogen-bond acceptors (Lipinski definition) is 5. The van der Waals surface area contributed by atoms with E-state index >= 15 is 0 Å². The van der Waals surface area contributed by atoms with Crippen LogP contribution in [0.1, 0.15) is 18.5 Å². The Balaban J connectivity index is 1.45. The molecule has 0 aliphatic carbocycles. The zero-order chi connectivity index (χ0) is 16.9. The summed E-state index contributed by atoms with van der Waals surface area (Å²) >= 11 is 1.59. The summed E-state index contributed by atoms with van der Waals surface area (Å²) in [5.41, 5.74) is 0.975. The van der Waals surface area contributed by atoms with Crippen molar-refractivity contribution in [1.82, 2.24) is 19.6 Å². The molecule has 2 aromatic rings. The van der Waals surface area contributed by atoms with Gasteiger partial charge in [-0.25, -0.2) is 4.98 Å². The second-order valence-corrected chi connectivity index (χ2v) is 6.81. The zero-order valence-corrected chi connectivity index (χ0v) is 14.6. The van der Waals surface area contributed by atoms with E-state index in [0.29, 0.717) is 45.5 Å². The SMILES string of the molecule is COCCN1C[C@@H](C(=O)NCCc2cn3ccsc3n2)CCC1=O. The van der Waals surface area contributed by atoms with Crippen LogP contribution in [0.3, 0.4) is 0 Å². The molecule has 8 heteroatoms. The molecule has 0 aromatic carbocycles. The topological polar surface area (TPSA) is 75.9 Å². The van der Waals surface area contributed by atoms with Gasteiger partial charge >= 0.3 is 0 Å². The van der Waals surface area contributed by atoms with Gasteiger partial charge in [-0.2, -0.15) is 0 Å². The van der Waals surface area contributed by atoms with Crippen LogP contribution in [-0.4, -0.2) is 59.4 Å². The second-order valence-electron chi connectivity index (χ2n) is 5.93. The monoisotopic (exact) mass is 350 g/mol. The summed E-state index contributed by atoms with van der Waals surface area (Å²) in [6.45, 7) is 2.09. The number of hydrogen-bond donors (Lipinski definition) is 1.